The molecule has 2 radical (unpaired) electrons. The van der Waals surface area contributed by atoms with Crippen LogP contribution in [0.15, 0.2) is 18.5 Å². The Labute approximate surface area is 115 Å². The lowest BCUT2D eigenvalue weighted by molar-refractivity contribution is -0.142. The summed E-state index contributed by atoms with van der Waals surface area (Å²) in [4.78, 5) is 17.6. The molecule has 2 rings (SSSR count). The highest BCUT2D eigenvalue weighted by molar-refractivity contribution is 6.08. The summed E-state index contributed by atoms with van der Waals surface area (Å²) in [5, 5.41) is 9.34. The number of pyridine rings is 1. The van der Waals surface area contributed by atoms with Gasteiger partial charge in [-0.25, -0.2) is 0 Å². The van der Waals surface area contributed by atoms with Crippen molar-refractivity contribution in [3.8, 4) is 0 Å². The minimum atomic E-state index is -0.703. The summed E-state index contributed by atoms with van der Waals surface area (Å²) >= 11 is 0. The highest BCUT2D eigenvalue weighted by Gasteiger charge is 2.37. The van der Waals surface area contributed by atoms with E-state index in [0.29, 0.717) is 12.9 Å². The molecule has 4 nitrogen and oxygen atoms in total. The molecule has 0 bridgehead atoms. The molecule has 1 aliphatic rings. The minimum Gasteiger partial charge on any atom is -0.481 e. The normalized spacial score (nSPS) is 22.7. The minimum absolute atomic E-state index is 0.181. The molecule has 0 amide bonds. The van der Waals surface area contributed by atoms with Gasteiger partial charge in [0.15, 0.2) is 0 Å². The van der Waals surface area contributed by atoms with Crippen LogP contribution in [-0.4, -0.2) is 37.0 Å². The number of aliphatic carboxylic acids is 1. The second-order valence-corrected chi connectivity index (χ2v) is 5.20. The van der Waals surface area contributed by atoms with Crippen molar-refractivity contribution in [2.75, 3.05) is 18.0 Å². The van der Waals surface area contributed by atoms with E-state index in [-0.39, 0.29) is 11.8 Å². The van der Waals surface area contributed by atoms with Gasteiger partial charge in [0.2, 0.25) is 0 Å². The first-order chi connectivity index (χ1) is 9.13. The van der Waals surface area contributed by atoms with Gasteiger partial charge in [-0.1, -0.05) is 12.7 Å². The molecule has 1 aromatic rings. The van der Waals surface area contributed by atoms with Gasteiger partial charge in [-0.3, -0.25) is 9.78 Å². The van der Waals surface area contributed by atoms with Crippen molar-refractivity contribution >= 4 is 19.5 Å². The molecule has 1 N–H and O–H groups in total. The number of anilines is 1. The number of hydrogen-bond acceptors (Lipinski definition) is 3. The Morgan fingerprint density at radius 2 is 2.37 bits per heavy atom. The molecule has 1 aliphatic heterocycles. The standard InChI is InChI=1S/C14H19BN2O2/c1-10-4-6-16-7-13(10)17-8-11(3-2-5-15)12(9-17)14(18)19/h4,6-7,11-12H,2-3,5,8-9H2,1H3,(H,18,19)/t11-,12+/m0/s1. The number of rotatable bonds is 5. The van der Waals surface area contributed by atoms with Crippen LogP contribution >= 0.6 is 0 Å². The zero-order valence-electron chi connectivity index (χ0n) is 11.2. The summed E-state index contributed by atoms with van der Waals surface area (Å²) in [6.45, 7) is 3.38. The van der Waals surface area contributed by atoms with Crippen LogP contribution in [0, 0.1) is 18.8 Å². The highest BCUT2D eigenvalue weighted by atomic mass is 16.4. The van der Waals surface area contributed by atoms with E-state index in [1.54, 1.807) is 6.20 Å². The Morgan fingerprint density at radius 3 is 3.00 bits per heavy atom. The highest BCUT2D eigenvalue weighted by Crippen LogP contribution is 2.32. The Morgan fingerprint density at radius 1 is 1.58 bits per heavy atom. The number of aryl methyl sites for hydroxylation is 1. The zero-order chi connectivity index (χ0) is 13.8. The number of nitrogens with zero attached hydrogens (tertiary/aromatic N) is 2. The van der Waals surface area contributed by atoms with Crippen LogP contribution in [0.1, 0.15) is 18.4 Å². The molecule has 0 saturated carbocycles. The molecule has 2 atom stereocenters. The largest absolute Gasteiger partial charge is 0.481 e. The van der Waals surface area contributed by atoms with E-state index >= 15 is 0 Å². The molecule has 0 aliphatic carbocycles. The Balaban J connectivity index is 2.13. The Hall–Kier alpha value is -1.52. The van der Waals surface area contributed by atoms with Crippen LogP contribution in [0.2, 0.25) is 6.32 Å². The quantitative estimate of drug-likeness (QED) is 0.819. The second kappa shape index (κ2) is 6.09. The van der Waals surface area contributed by atoms with Gasteiger partial charge in [-0.05, 0) is 30.9 Å². The number of aromatic nitrogens is 1. The van der Waals surface area contributed by atoms with Gasteiger partial charge < -0.3 is 10.0 Å². The van der Waals surface area contributed by atoms with Gasteiger partial charge in [0.1, 0.15) is 0 Å². The first-order valence-corrected chi connectivity index (χ1v) is 6.72. The number of hydrogen-bond donors (Lipinski definition) is 1. The molecule has 0 unspecified atom stereocenters. The predicted octanol–water partition coefficient (Wildman–Crippen LogP) is 1.89. The van der Waals surface area contributed by atoms with Gasteiger partial charge in [0, 0.05) is 19.3 Å². The summed E-state index contributed by atoms with van der Waals surface area (Å²) in [5.41, 5.74) is 2.18. The van der Waals surface area contributed by atoms with Crippen LogP contribution in [-0.2, 0) is 4.79 Å². The van der Waals surface area contributed by atoms with Crippen molar-refractivity contribution in [3.05, 3.63) is 24.0 Å². The lowest BCUT2D eigenvalue weighted by Crippen LogP contribution is -2.23. The van der Waals surface area contributed by atoms with Crippen LogP contribution in [0.5, 0.6) is 0 Å². The monoisotopic (exact) mass is 258 g/mol. The fourth-order valence-electron chi connectivity index (χ4n) is 2.81. The molecule has 5 heteroatoms. The van der Waals surface area contributed by atoms with E-state index in [1.807, 2.05) is 19.2 Å². The maximum atomic E-state index is 11.4. The van der Waals surface area contributed by atoms with Crippen molar-refractivity contribution < 1.29 is 9.90 Å². The summed E-state index contributed by atoms with van der Waals surface area (Å²) in [6.07, 6.45) is 5.96. The van der Waals surface area contributed by atoms with E-state index < -0.39 is 5.97 Å². The molecular formula is C14H19BN2O2. The Bertz CT molecular complexity index is 453. The van der Waals surface area contributed by atoms with Crippen LogP contribution < -0.4 is 4.90 Å². The SMILES string of the molecule is [B]CCC[C@H]1CN(c2cnccc2C)C[C@H]1C(=O)O. The predicted molar refractivity (Wildman–Crippen MR) is 75.6 cm³/mol. The van der Waals surface area contributed by atoms with Crippen molar-refractivity contribution in [2.24, 2.45) is 11.8 Å². The van der Waals surface area contributed by atoms with Crippen molar-refractivity contribution in [2.45, 2.75) is 26.1 Å². The summed E-state index contributed by atoms with van der Waals surface area (Å²) in [6, 6.07) is 1.96. The van der Waals surface area contributed by atoms with Gasteiger partial charge in [0.05, 0.1) is 25.6 Å². The van der Waals surface area contributed by atoms with Gasteiger partial charge in [0.25, 0.3) is 0 Å². The maximum absolute atomic E-state index is 11.4. The van der Waals surface area contributed by atoms with Crippen LogP contribution in [0.3, 0.4) is 0 Å². The zero-order valence-corrected chi connectivity index (χ0v) is 11.2. The molecule has 100 valence electrons. The third-order valence-corrected chi connectivity index (χ3v) is 3.89. The van der Waals surface area contributed by atoms with Crippen LogP contribution in [0.4, 0.5) is 5.69 Å². The molecule has 1 fully saturated rings. The van der Waals surface area contributed by atoms with Gasteiger partial charge in [-0.2, -0.15) is 0 Å². The first-order valence-electron chi connectivity index (χ1n) is 6.72. The lowest BCUT2D eigenvalue weighted by atomic mass is 9.88. The molecule has 2 heterocycles. The fraction of sp³-hybridized carbons (Fsp3) is 0.571. The molecule has 1 aromatic heterocycles. The van der Waals surface area contributed by atoms with E-state index in [9.17, 15) is 9.90 Å². The fourth-order valence-corrected chi connectivity index (χ4v) is 2.81. The van der Waals surface area contributed by atoms with E-state index in [2.05, 4.69) is 9.88 Å². The lowest BCUT2D eigenvalue weighted by Gasteiger charge is -2.20. The smallest absolute Gasteiger partial charge is 0.308 e. The van der Waals surface area contributed by atoms with Gasteiger partial charge >= 0.3 is 5.97 Å². The van der Waals surface area contributed by atoms with Crippen molar-refractivity contribution in [1.82, 2.24) is 4.98 Å². The third-order valence-electron chi connectivity index (χ3n) is 3.89. The molecule has 0 spiro atoms. The molecule has 19 heavy (non-hydrogen) atoms. The molecule has 1 saturated heterocycles. The molecule has 0 aromatic carbocycles. The van der Waals surface area contributed by atoms with E-state index in [0.717, 1.165) is 30.6 Å². The van der Waals surface area contributed by atoms with Crippen LogP contribution in [0.25, 0.3) is 0 Å². The van der Waals surface area contributed by atoms with E-state index in [4.69, 9.17) is 7.85 Å². The maximum Gasteiger partial charge on any atom is 0.308 e. The third kappa shape index (κ3) is 3.08. The number of carbonyl (C=O) groups is 1. The topological polar surface area (TPSA) is 53.4 Å². The first kappa shape index (κ1) is 13.9. The number of carboxylic acids is 1. The summed E-state index contributed by atoms with van der Waals surface area (Å²) in [7, 11) is 5.53. The summed E-state index contributed by atoms with van der Waals surface area (Å²) < 4.78 is 0. The molecular weight excluding hydrogens is 239 g/mol. The number of carboxylic acid groups (broad SMARTS) is 1. The average Bonchev–Trinajstić information content (AvgIpc) is 2.81. The summed E-state index contributed by atoms with van der Waals surface area (Å²) in [5.74, 6) is -0.821. The second-order valence-electron chi connectivity index (χ2n) is 5.20. The van der Waals surface area contributed by atoms with E-state index in [1.165, 1.54) is 0 Å². The Kier molecular flexibility index (Phi) is 4.45. The van der Waals surface area contributed by atoms with Crippen molar-refractivity contribution in [3.63, 3.8) is 0 Å². The average molecular weight is 258 g/mol. The van der Waals surface area contributed by atoms with Gasteiger partial charge in [-0.15, -0.1) is 0 Å². The van der Waals surface area contributed by atoms with Crippen molar-refractivity contribution in [1.29, 1.82) is 0 Å².